The second-order valence-corrected chi connectivity index (χ2v) is 3.01. The van der Waals surface area contributed by atoms with Crippen molar-refractivity contribution in [3.05, 3.63) is 0 Å². The van der Waals surface area contributed by atoms with Gasteiger partial charge in [0.05, 0.1) is 0 Å². The third-order valence-electron chi connectivity index (χ3n) is 2.12. The predicted octanol–water partition coefficient (Wildman–Crippen LogP) is 0.162. The monoisotopic (exact) mass is 204 g/mol. The first-order chi connectivity index (χ1) is 6.28. The molecule has 6 heteroatoms. The summed E-state index contributed by atoms with van der Waals surface area (Å²) in [6, 6.07) is -0.241. The fourth-order valence-electron chi connectivity index (χ4n) is 1.46. The van der Waals surface area contributed by atoms with Gasteiger partial charge < -0.3 is 0 Å². The van der Waals surface area contributed by atoms with E-state index in [2.05, 4.69) is 0 Å². The summed E-state index contributed by atoms with van der Waals surface area (Å²) in [6.07, 6.45) is 0.713. The Labute approximate surface area is 83.6 Å². The van der Waals surface area contributed by atoms with Gasteiger partial charge in [0.2, 0.25) is 0 Å². The van der Waals surface area contributed by atoms with E-state index in [1.54, 1.807) is 21.3 Å². The molecular formula is C7H13BO4S. The molecule has 1 heterocycles. The van der Waals surface area contributed by atoms with E-state index < -0.39 is 6.29 Å². The third-order valence-corrected chi connectivity index (χ3v) is 2.39. The van der Waals surface area contributed by atoms with Crippen LogP contribution in [0.2, 0.25) is 0 Å². The van der Waals surface area contributed by atoms with Crippen LogP contribution in [-0.2, 0) is 18.9 Å². The van der Waals surface area contributed by atoms with Gasteiger partial charge in [-0.3, -0.25) is 0 Å². The maximum atomic E-state index is 5.43. The molecule has 1 rings (SSSR count). The van der Waals surface area contributed by atoms with Crippen molar-refractivity contribution >= 4 is 18.2 Å². The van der Waals surface area contributed by atoms with Crippen molar-refractivity contribution in [2.75, 3.05) is 21.3 Å². The van der Waals surface area contributed by atoms with Gasteiger partial charge in [-0.15, -0.1) is 0 Å². The maximum absolute atomic E-state index is 5.43. The minimum atomic E-state index is -0.404. The summed E-state index contributed by atoms with van der Waals surface area (Å²) in [5, 5.41) is 0. The minimum absolute atomic E-state index is 0.188. The molecule has 74 valence electrons. The van der Waals surface area contributed by atoms with Gasteiger partial charge >= 0.3 is 83.0 Å². The van der Waals surface area contributed by atoms with Crippen molar-refractivity contribution in [3.63, 3.8) is 0 Å². The van der Waals surface area contributed by atoms with Crippen LogP contribution in [0.3, 0.4) is 0 Å². The first-order valence-electron chi connectivity index (χ1n) is 3.97. The van der Waals surface area contributed by atoms with Crippen molar-refractivity contribution in [3.8, 4) is 0 Å². The molecule has 4 unspecified atom stereocenters. The van der Waals surface area contributed by atoms with E-state index in [1.807, 2.05) is 0 Å². The van der Waals surface area contributed by atoms with E-state index >= 15 is 0 Å². The van der Waals surface area contributed by atoms with E-state index in [1.165, 1.54) is 6.15 Å². The molecule has 4 atom stereocenters. The Morgan fingerprint density at radius 1 is 1.08 bits per heavy atom. The molecule has 1 saturated heterocycles. The zero-order valence-corrected chi connectivity index (χ0v) is 8.74. The number of hydrogen-bond donors (Lipinski definition) is 0. The van der Waals surface area contributed by atoms with E-state index in [-0.39, 0.29) is 18.2 Å². The quantitative estimate of drug-likeness (QED) is 0.610. The van der Waals surface area contributed by atoms with Crippen LogP contribution >= 0.6 is 12.1 Å². The molecule has 0 spiro atoms. The molecule has 0 bridgehead atoms. The summed E-state index contributed by atoms with van der Waals surface area (Å²) in [5.74, 6) is 0. The fourth-order valence-corrected chi connectivity index (χ4v) is 1.68. The zero-order valence-electron chi connectivity index (χ0n) is 7.93. The molecule has 1 aliphatic heterocycles. The fraction of sp³-hybridized carbons (Fsp3) is 1.00. The molecule has 0 amide bonds. The van der Waals surface area contributed by atoms with Crippen molar-refractivity contribution < 1.29 is 18.9 Å². The molecule has 1 fully saturated rings. The molecule has 0 aromatic heterocycles. The van der Waals surface area contributed by atoms with Gasteiger partial charge in [0.15, 0.2) is 0 Å². The van der Waals surface area contributed by atoms with Crippen LogP contribution in [0.15, 0.2) is 0 Å². The Kier molecular flexibility index (Phi) is 4.41. The average molecular weight is 204 g/mol. The first-order valence-corrected chi connectivity index (χ1v) is 4.44. The van der Waals surface area contributed by atoms with Crippen molar-refractivity contribution in [2.24, 2.45) is 0 Å². The van der Waals surface area contributed by atoms with Gasteiger partial charge in [0.25, 0.3) is 0 Å². The van der Waals surface area contributed by atoms with Gasteiger partial charge in [0.1, 0.15) is 0 Å². The van der Waals surface area contributed by atoms with Crippen LogP contribution in [-0.4, -0.2) is 52.0 Å². The van der Waals surface area contributed by atoms with Crippen LogP contribution in [0.4, 0.5) is 0 Å². The van der Waals surface area contributed by atoms with Gasteiger partial charge in [-0.05, 0) is 0 Å². The summed E-state index contributed by atoms with van der Waals surface area (Å²) in [5.41, 5.74) is 0. The van der Waals surface area contributed by atoms with E-state index in [0.717, 1.165) is 0 Å². The molecule has 0 aromatic rings. The molecular weight excluding hydrogens is 191 g/mol. The second kappa shape index (κ2) is 5.12. The van der Waals surface area contributed by atoms with Crippen LogP contribution < -0.4 is 0 Å². The molecule has 0 radical (unpaired) electrons. The number of ether oxygens (including phenoxy) is 4. The molecule has 4 nitrogen and oxygen atoms in total. The Morgan fingerprint density at radius 3 is 2.08 bits per heavy atom. The second-order valence-electron chi connectivity index (χ2n) is 2.74. The molecule has 0 N–H and O–H groups in total. The van der Waals surface area contributed by atoms with E-state index in [9.17, 15) is 0 Å². The Balaban J connectivity index is 2.70. The zero-order chi connectivity index (χ0) is 9.84. The summed E-state index contributed by atoms with van der Waals surface area (Å²) in [4.78, 5) is 0. The van der Waals surface area contributed by atoms with E-state index in [4.69, 9.17) is 31.0 Å². The standard InChI is InChI=1S/C7H13BO4S/c1-9-4-5(10-2)7(11-3)12-6(4)8-13/h4-7H,1-3H3. The van der Waals surface area contributed by atoms with Gasteiger partial charge in [-0.2, -0.15) is 0 Å². The van der Waals surface area contributed by atoms with Crippen LogP contribution in [0.25, 0.3) is 0 Å². The van der Waals surface area contributed by atoms with Crippen molar-refractivity contribution in [2.45, 2.75) is 24.5 Å². The van der Waals surface area contributed by atoms with Crippen LogP contribution in [0.1, 0.15) is 0 Å². The average Bonchev–Trinajstić information content (AvgIpc) is 2.54. The van der Waals surface area contributed by atoms with Crippen LogP contribution in [0.5, 0.6) is 0 Å². The molecule has 13 heavy (non-hydrogen) atoms. The molecule has 0 aromatic carbocycles. The van der Waals surface area contributed by atoms with Gasteiger partial charge in [-0.1, -0.05) is 0 Å². The van der Waals surface area contributed by atoms with E-state index in [0.29, 0.717) is 0 Å². The molecule has 1 aliphatic rings. The van der Waals surface area contributed by atoms with Crippen molar-refractivity contribution in [1.29, 1.82) is 0 Å². The molecule has 0 aliphatic carbocycles. The summed E-state index contributed by atoms with van der Waals surface area (Å²) in [7, 11) is 4.76. The Morgan fingerprint density at radius 2 is 1.69 bits per heavy atom. The van der Waals surface area contributed by atoms with Crippen molar-refractivity contribution in [1.82, 2.24) is 0 Å². The van der Waals surface area contributed by atoms with Gasteiger partial charge in [-0.25, -0.2) is 0 Å². The summed E-state index contributed by atoms with van der Waals surface area (Å²) in [6.45, 7) is 0. The Bertz CT molecular complexity index is 180. The topological polar surface area (TPSA) is 36.9 Å². The summed E-state index contributed by atoms with van der Waals surface area (Å²) >= 11 is 4.82. The number of methoxy groups -OCH3 is 3. The number of rotatable bonds is 4. The van der Waals surface area contributed by atoms with Crippen LogP contribution in [0, 0.1) is 0 Å². The Hall–Kier alpha value is 0.125. The normalized spacial score (nSPS) is 39.0. The molecule has 0 saturated carbocycles. The summed E-state index contributed by atoms with van der Waals surface area (Å²) < 4.78 is 21.0. The van der Waals surface area contributed by atoms with Gasteiger partial charge in [0, 0.05) is 0 Å². The first kappa shape index (κ1) is 11.2. The predicted molar refractivity (Wildman–Crippen MR) is 50.6 cm³/mol. The number of hydrogen-bond acceptors (Lipinski definition) is 5. The SMILES string of the molecule is COC1OC(B=S)C(OC)C1OC. The third kappa shape index (κ3) is 2.14.